The van der Waals surface area contributed by atoms with E-state index >= 15 is 0 Å². The summed E-state index contributed by atoms with van der Waals surface area (Å²) in [6.45, 7) is 2.51. The minimum atomic E-state index is -1.04. The van der Waals surface area contributed by atoms with E-state index in [1.807, 2.05) is 7.05 Å². The van der Waals surface area contributed by atoms with Gasteiger partial charge in [-0.1, -0.05) is 5.21 Å². The van der Waals surface area contributed by atoms with Crippen LogP contribution in [0.25, 0.3) is 0 Å². The molecule has 0 saturated heterocycles. The number of carbonyl (C=O) groups is 1. The van der Waals surface area contributed by atoms with Gasteiger partial charge in [-0.05, 0) is 13.3 Å². The Morgan fingerprint density at radius 1 is 1.62 bits per heavy atom. The Labute approximate surface area is 98.6 Å². The van der Waals surface area contributed by atoms with Crippen molar-refractivity contribution in [2.45, 2.75) is 6.54 Å². The zero-order chi connectivity index (χ0) is 12.0. The van der Waals surface area contributed by atoms with Gasteiger partial charge < -0.3 is 10.0 Å². The van der Waals surface area contributed by atoms with Crippen molar-refractivity contribution >= 4 is 17.7 Å². The largest absolute Gasteiger partial charge is 0.476 e. The summed E-state index contributed by atoms with van der Waals surface area (Å²) in [4.78, 5) is 12.7. The highest BCUT2D eigenvalue weighted by atomic mass is 32.2. The van der Waals surface area contributed by atoms with Crippen molar-refractivity contribution in [1.29, 1.82) is 0 Å². The minimum Gasteiger partial charge on any atom is -0.476 e. The number of hydrogen-bond donors (Lipinski definition) is 1. The van der Waals surface area contributed by atoms with Gasteiger partial charge in [0, 0.05) is 18.8 Å². The number of thioether (sulfide) groups is 1. The van der Waals surface area contributed by atoms with Crippen molar-refractivity contribution in [2.75, 3.05) is 32.1 Å². The maximum absolute atomic E-state index is 10.6. The first-order valence-electron chi connectivity index (χ1n) is 4.94. The second-order valence-corrected chi connectivity index (χ2v) is 4.45. The molecular weight excluding hydrogens is 228 g/mol. The molecule has 0 bridgehead atoms. The maximum Gasteiger partial charge on any atom is 0.358 e. The molecule has 0 aliphatic rings. The fourth-order valence-electron chi connectivity index (χ4n) is 1.14. The summed E-state index contributed by atoms with van der Waals surface area (Å²) < 4.78 is 1.55. The van der Waals surface area contributed by atoms with Gasteiger partial charge in [-0.3, -0.25) is 4.68 Å². The molecule has 16 heavy (non-hydrogen) atoms. The highest BCUT2D eigenvalue weighted by molar-refractivity contribution is 7.98. The first-order valence-corrected chi connectivity index (χ1v) is 6.33. The maximum atomic E-state index is 10.6. The van der Waals surface area contributed by atoms with Crippen LogP contribution in [0.4, 0.5) is 0 Å². The number of aromatic carboxylic acids is 1. The SMILES string of the molecule is CSCCN(C)CCn1cc(C(=O)O)nn1. The zero-order valence-corrected chi connectivity index (χ0v) is 10.3. The second kappa shape index (κ2) is 6.49. The molecule has 6 nitrogen and oxygen atoms in total. The third kappa shape index (κ3) is 4.19. The Morgan fingerprint density at radius 3 is 2.94 bits per heavy atom. The fraction of sp³-hybridized carbons (Fsp3) is 0.667. The van der Waals surface area contributed by atoms with Gasteiger partial charge in [0.2, 0.25) is 0 Å². The van der Waals surface area contributed by atoms with Crippen LogP contribution in [-0.4, -0.2) is 63.1 Å². The van der Waals surface area contributed by atoms with Crippen LogP contribution in [0.15, 0.2) is 6.20 Å². The molecule has 1 aromatic heterocycles. The van der Waals surface area contributed by atoms with Crippen molar-refractivity contribution in [3.8, 4) is 0 Å². The molecule has 90 valence electrons. The van der Waals surface area contributed by atoms with Crippen LogP contribution in [0.3, 0.4) is 0 Å². The molecule has 7 heteroatoms. The van der Waals surface area contributed by atoms with E-state index in [4.69, 9.17) is 5.11 Å². The van der Waals surface area contributed by atoms with E-state index in [1.54, 1.807) is 16.4 Å². The van der Waals surface area contributed by atoms with Crippen molar-refractivity contribution in [1.82, 2.24) is 19.9 Å². The lowest BCUT2D eigenvalue weighted by atomic mass is 10.5. The summed E-state index contributed by atoms with van der Waals surface area (Å²) in [7, 11) is 2.03. The highest BCUT2D eigenvalue weighted by Gasteiger charge is 2.08. The van der Waals surface area contributed by atoms with Crippen LogP contribution in [0.2, 0.25) is 0 Å². The third-order valence-corrected chi connectivity index (χ3v) is 2.74. The number of aromatic nitrogens is 3. The lowest BCUT2D eigenvalue weighted by molar-refractivity contribution is 0.0690. The van der Waals surface area contributed by atoms with Crippen LogP contribution in [0, 0.1) is 0 Å². The minimum absolute atomic E-state index is 0.00762. The molecule has 0 fully saturated rings. The Balaban J connectivity index is 2.33. The van der Waals surface area contributed by atoms with E-state index in [1.165, 1.54) is 6.20 Å². The molecule has 0 aromatic carbocycles. The molecule has 0 aliphatic carbocycles. The molecule has 1 N–H and O–H groups in total. The topological polar surface area (TPSA) is 71.2 Å². The predicted molar refractivity (Wildman–Crippen MR) is 62.9 cm³/mol. The lowest BCUT2D eigenvalue weighted by Gasteiger charge is -2.15. The predicted octanol–water partition coefficient (Wildman–Crippen LogP) is 0.271. The summed E-state index contributed by atoms with van der Waals surface area (Å²) in [6.07, 6.45) is 3.52. The number of carboxylic acid groups (broad SMARTS) is 1. The van der Waals surface area contributed by atoms with Gasteiger partial charge in [0.25, 0.3) is 0 Å². The summed E-state index contributed by atoms with van der Waals surface area (Å²) in [5.41, 5.74) is -0.00762. The molecule has 0 amide bonds. The van der Waals surface area contributed by atoms with Gasteiger partial charge in [0.15, 0.2) is 5.69 Å². The average molecular weight is 244 g/mol. The molecule has 0 radical (unpaired) electrons. The van der Waals surface area contributed by atoms with E-state index < -0.39 is 5.97 Å². The number of carboxylic acids is 1. The molecular formula is C9H16N4O2S. The van der Waals surface area contributed by atoms with Crippen LogP contribution in [0.5, 0.6) is 0 Å². The molecule has 1 rings (SSSR count). The van der Waals surface area contributed by atoms with E-state index in [0.717, 1.165) is 18.8 Å². The standard InChI is InChI=1S/C9H16N4O2S/c1-12(5-6-16-2)3-4-13-7-8(9(14)15)10-11-13/h7H,3-6H2,1-2H3,(H,14,15). The summed E-state index contributed by atoms with van der Waals surface area (Å²) in [5, 5.41) is 16.0. The van der Waals surface area contributed by atoms with Crippen LogP contribution in [-0.2, 0) is 6.54 Å². The van der Waals surface area contributed by atoms with E-state index in [0.29, 0.717) is 6.54 Å². The quantitative estimate of drug-likeness (QED) is 0.742. The van der Waals surface area contributed by atoms with Crippen LogP contribution >= 0.6 is 11.8 Å². The Morgan fingerprint density at radius 2 is 2.38 bits per heavy atom. The summed E-state index contributed by atoms with van der Waals surface area (Å²) in [5.74, 6) is 0.0517. The molecule has 1 aromatic rings. The summed E-state index contributed by atoms with van der Waals surface area (Å²) in [6, 6.07) is 0. The number of rotatable bonds is 7. The van der Waals surface area contributed by atoms with Gasteiger partial charge in [-0.25, -0.2) is 4.79 Å². The lowest BCUT2D eigenvalue weighted by Crippen LogP contribution is -2.25. The Bertz CT molecular complexity index is 342. The van der Waals surface area contributed by atoms with Crippen molar-refractivity contribution in [2.24, 2.45) is 0 Å². The van der Waals surface area contributed by atoms with E-state index in [9.17, 15) is 4.79 Å². The average Bonchev–Trinajstić information content (AvgIpc) is 2.72. The third-order valence-electron chi connectivity index (χ3n) is 2.15. The smallest absolute Gasteiger partial charge is 0.358 e. The molecule has 1 heterocycles. The van der Waals surface area contributed by atoms with Crippen molar-refractivity contribution in [3.05, 3.63) is 11.9 Å². The van der Waals surface area contributed by atoms with E-state index in [-0.39, 0.29) is 5.69 Å². The van der Waals surface area contributed by atoms with Gasteiger partial charge in [-0.15, -0.1) is 5.10 Å². The van der Waals surface area contributed by atoms with Gasteiger partial charge in [-0.2, -0.15) is 11.8 Å². The van der Waals surface area contributed by atoms with Crippen molar-refractivity contribution in [3.63, 3.8) is 0 Å². The molecule has 0 spiro atoms. The molecule has 0 unspecified atom stereocenters. The number of nitrogens with zero attached hydrogens (tertiary/aromatic N) is 4. The van der Waals surface area contributed by atoms with Gasteiger partial charge in [0.1, 0.15) is 0 Å². The molecule has 0 saturated carbocycles. The summed E-state index contributed by atoms with van der Waals surface area (Å²) >= 11 is 1.81. The zero-order valence-electron chi connectivity index (χ0n) is 9.46. The fourth-order valence-corrected chi connectivity index (χ4v) is 1.63. The highest BCUT2D eigenvalue weighted by Crippen LogP contribution is 1.96. The normalized spacial score (nSPS) is 10.9. The van der Waals surface area contributed by atoms with Gasteiger partial charge in [0.05, 0.1) is 12.7 Å². The van der Waals surface area contributed by atoms with Gasteiger partial charge >= 0.3 is 5.97 Å². The first-order chi connectivity index (χ1) is 7.63. The number of likely N-dealkylation sites (N-methyl/N-ethyl adjacent to an activating group) is 1. The second-order valence-electron chi connectivity index (χ2n) is 3.47. The molecule has 0 atom stereocenters. The van der Waals surface area contributed by atoms with E-state index in [2.05, 4.69) is 21.5 Å². The number of hydrogen-bond acceptors (Lipinski definition) is 5. The monoisotopic (exact) mass is 244 g/mol. The van der Waals surface area contributed by atoms with Crippen LogP contribution < -0.4 is 0 Å². The first kappa shape index (κ1) is 13.0. The Kier molecular flexibility index (Phi) is 5.27. The van der Waals surface area contributed by atoms with Crippen molar-refractivity contribution < 1.29 is 9.90 Å². The molecule has 0 aliphatic heterocycles. The Hall–Kier alpha value is -1.08. The van der Waals surface area contributed by atoms with Crippen LogP contribution in [0.1, 0.15) is 10.5 Å².